The van der Waals surface area contributed by atoms with Crippen molar-refractivity contribution in [2.45, 2.75) is 29.8 Å². The number of nitrogens with zero attached hydrogens (tertiary/aromatic N) is 2. The van der Waals surface area contributed by atoms with Crippen LogP contribution in [0.5, 0.6) is 5.75 Å². The molecule has 22 heavy (non-hydrogen) atoms. The highest BCUT2D eigenvalue weighted by Gasteiger charge is 2.38. The lowest BCUT2D eigenvalue weighted by Gasteiger charge is -2.27. The molecule has 114 valence electrons. The lowest BCUT2D eigenvalue weighted by Crippen LogP contribution is -2.40. The highest BCUT2D eigenvalue weighted by molar-refractivity contribution is 8.02. The van der Waals surface area contributed by atoms with E-state index in [0.717, 1.165) is 14.9 Å². The van der Waals surface area contributed by atoms with Gasteiger partial charge < -0.3 is 14.8 Å². The summed E-state index contributed by atoms with van der Waals surface area (Å²) in [7, 11) is -1.08. The summed E-state index contributed by atoms with van der Waals surface area (Å²) in [5, 5.41) is 28.1. The lowest BCUT2D eigenvalue weighted by atomic mass is 9.77. The summed E-state index contributed by atoms with van der Waals surface area (Å²) in [6.07, 6.45) is 0.514. The smallest absolute Gasteiger partial charge is 0.535 e. The van der Waals surface area contributed by atoms with Gasteiger partial charge in [0.2, 0.25) is 0 Å². The molecule has 0 saturated carbocycles. The average molecular weight is 336 g/mol. The molecule has 2 N–H and O–H groups in total. The van der Waals surface area contributed by atoms with E-state index in [2.05, 4.69) is 10.2 Å². The van der Waals surface area contributed by atoms with E-state index >= 15 is 0 Å². The lowest BCUT2D eigenvalue weighted by molar-refractivity contribution is 0.0693. The first kappa shape index (κ1) is 15.3. The Bertz CT molecular complexity index is 737. The van der Waals surface area contributed by atoms with Gasteiger partial charge in [-0.2, -0.15) is 0 Å². The van der Waals surface area contributed by atoms with E-state index in [1.54, 1.807) is 13.0 Å². The molecule has 3 rings (SSSR count). The number of carbonyl (C=O) groups is 1. The van der Waals surface area contributed by atoms with Crippen molar-refractivity contribution < 1.29 is 19.6 Å². The monoisotopic (exact) mass is 336 g/mol. The first-order valence-corrected chi connectivity index (χ1v) is 8.32. The molecule has 1 aromatic heterocycles. The van der Waals surface area contributed by atoms with Crippen LogP contribution in [-0.2, 0) is 6.42 Å². The molecule has 1 atom stereocenters. The van der Waals surface area contributed by atoms with Crippen LogP contribution in [0, 0.1) is 13.8 Å². The summed E-state index contributed by atoms with van der Waals surface area (Å²) >= 11 is 2.85. The van der Waals surface area contributed by atoms with Crippen molar-refractivity contribution >= 4 is 36.2 Å². The Hall–Kier alpha value is -1.58. The Balaban J connectivity index is 1.89. The van der Waals surface area contributed by atoms with E-state index in [9.17, 15) is 14.9 Å². The second-order valence-electron chi connectivity index (χ2n) is 5.01. The number of hydrogen-bond donors (Lipinski definition) is 2. The van der Waals surface area contributed by atoms with E-state index in [-0.39, 0.29) is 16.5 Å². The van der Waals surface area contributed by atoms with Gasteiger partial charge in [-0.25, -0.2) is 4.79 Å². The molecule has 0 amide bonds. The van der Waals surface area contributed by atoms with E-state index in [1.165, 1.54) is 23.1 Å². The Morgan fingerprint density at radius 1 is 1.45 bits per heavy atom. The van der Waals surface area contributed by atoms with Gasteiger partial charge in [-0.15, -0.1) is 10.2 Å². The molecular weight excluding hydrogens is 323 g/mol. The quantitative estimate of drug-likeness (QED) is 0.828. The Morgan fingerprint density at radius 2 is 2.23 bits per heavy atom. The number of carboxylic acid groups (broad SMARTS) is 1. The topological polar surface area (TPSA) is 92.5 Å². The van der Waals surface area contributed by atoms with Crippen LogP contribution in [0.3, 0.4) is 0 Å². The van der Waals surface area contributed by atoms with Crippen LogP contribution in [-0.4, -0.2) is 38.6 Å². The zero-order chi connectivity index (χ0) is 15.9. The molecule has 1 aliphatic heterocycles. The number of thioether (sulfide) groups is 1. The summed E-state index contributed by atoms with van der Waals surface area (Å²) in [4.78, 5) is 11.4. The molecular formula is C13H13BN2O4S2. The van der Waals surface area contributed by atoms with E-state index < -0.39 is 13.1 Å². The Labute approximate surface area is 135 Å². The normalized spacial score (nSPS) is 17.0. The van der Waals surface area contributed by atoms with Crippen molar-refractivity contribution in [2.24, 2.45) is 0 Å². The third kappa shape index (κ3) is 2.83. The Kier molecular flexibility index (Phi) is 4.11. The summed E-state index contributed by atoms with van der Waals surface area (Å²) in [5.41, 5.74) is 1.52. The van der Waals surface area contributed by atoms with Gasteiger partial charge in [0.25, 0.3) is 0 Å². The molecule has 2 heterocycles. The largest absolute Gasteiger partial charge is 0.537 e. The average Bonchev–Trinajstić information content (AvgIpc) is 2.85. The van der Waals surface area contributed by atoms with Crippen LogP contribution in [0.2, 0.25) is 0 Å². The minimum atomic E-state index is -1.08. The van der Waals surface area contributed by atoms with Gasteiger partial charge in [0.1, 0.15) is 16.3 Å². The van der Waals surface area contributed by atoms with Gasteiger partial charge in [0, 0.05) is 0 Å². The number of fused-ring (bicyclic) bond motifs is 1. The first-order chi connectivity index (χ1) is 10.5. The van der Waals surface area contributed by atoms with Gasteiger partial charge in [-0.1, -0.05) is 35.2 Å². The molecule has 0 radical (unpaired) electrons. The predicted molar refractivity (Wildman–Crippen MR) is 84.7 cm³/mol. The Morgan fingerprint density at radius 3 is 2.86 bits per heavy atom. The van der Waals surface area contributed by atoms with Gasteiger partial charge in [-0.05, 0) is 31.4 Å². The number of rotatable bonds is 3. The molecule has 0 aliphatic carbocycles. The number of aromatic carboxylic acids is 1. The minimum absolute atomic E-state index is 0.117. The number of aromatic nitrogens is 2. The molecule has 1 aromatic carbocycles. The molecule has 0 spiro atoms. The maximum atomic E-state index is 11.4. The minimum Gasteiger partial charge on any atom is -0.535 e. The molecule has 9 heteroatoms. The first-order valence-electron chi connectivity index (χ1n) is 6.63. The van der Waals surface area contributed by atoms with E-state index in [0.29, 0.717) is 12.0 Å². The van der Waals surface area contributed by atoms with Crippen molar-refractivity contribution in [1.82, 2.24) is 10.2 Å². The summed E-state index contributed by atoms with van der Waals surface area (Å²) in [5.74, 6) is -0.780. The van der Waals surface area contributed by atoms with Crippen LogP contribution in [0.15, 0.2) is 16.5 Å². The van der Waals surface area contributed by atoms with Crippen LogP contribution in [0.1, 0.15) is 26.5 Å². The fourth-order valence-electron chi connectivity index (χ4n) is 2.36. The van der Waals surface area contributed by atoms with Crippen LogP contribution in [0.25, 0.3) is 0 Å². The number of aryl methyl sites for hydroxylation is 2. The molecule has 0 bridgehead atoms. The third-order valence-electron chi connectivity index (χ3n) is 3.40. The van der Waals surface area contributed by atoms with Crippen molar-refractivity contribution in [3.8, 4) is 5.75 Å². The van der Waals surface area contributed by atoms with Crippen molar-refractivity contribution in [1.29, 1.82) is 0 Å². The van der Waals surface area contributed by atoms with Gasteiger partial charge in [-0.3, -0.25) is 0 Å². The molecule has 2 aromatic rings. The zero-order valence-electron chi connectivity index (χ0n) is 11.9. The van der Waals surface area contributed by atoms with Crippen molar-refractivity contribution in [2.75, 3.05) is 0 Å². The predicted octanol–water partition coefficient (Wildman–Crippen LogP) is 1.97. The van der Waals surface area contributed by atoms with Crippen molar-refractivity contribution in [3.05, 3.63) is 33.8 Å². The fraction of sp³-hybridized carbons (Fsp3) is 0.308. The van der Waals surface area contributed by atoms with E-state index in [1.807, 2.05) is 13.0 Å². The summed E-state index contributed by atoms with van der Waals surface area (Å²) in [6.45, 7) is 3.58. The zero-order valence-corrected chi connectivity index (χ0v) is 13.6. The molecule has 0 fully saturated rings. The van der Waals surface area contributed by atoms with Gasteiger partial charge in [0.05, 0.1) is 5.15 Å². The number of hydrogen-bond acceptors (Lipinski definition) is 7. The van der Waals surface area contributed by atoms with Crippen LogP contribution in [0.4, 0.5) is 0 Å². The second kappa shape index (κ2) is 5.90. The second-order valence-corrected chi connectivity index (χ2v) is 7.67. The highest BCUT2D eigenvalue weighted by Crippen LogP contribution is 2.38. The maximum Gasteiger partial charge on any atom is 0.537 e. The number of carboxylic acids is 1. The van der Waals surface area contributed by atoms with Crippen LogP contribution < -0.4 is 4.65 Å². The molecule has 0 saturated heterocycles. The third-order valence-corrected chi connectivity index (χ3v) is 5.56. The molecule has 1 aliphatic rings. The summed E-state index contributed by atoms with van der Waals surface area (Å²) < 4.78 is 6.27. The van der Waals surface area contributed by atoms with Gasteiger partial charge >= 0.3 is 13.1 Å². The summed E-state index contributed by atoms with van der Waals surface area (Å²) in [6, 6.07) is 3.61. The maximum absolute atomic E-state index is 11.4. The van der Waals surface area contributed by atoms with Crippen molar-refractivity contribution in [3.63, 3.8) is 0 Å². The van der Waals surface area contributed by atoms with Crippen LogP contribution >= 0.6 is 23.1 Å². The standard InChI is InChI=1S/C13H13BN2O4S2/c1-6-3-4-8-5-9(22-13-16-15-7(2)21-13)14(19)20-11(8)10(6)12(17)18/h3-4,9,19H,5H2,1-2H3,(H,17,18)/t9-/m0/s1. The number of benzene rings is 1. The molecule has 0 unspecified atom stereocenters. The highest BCUT2D eigenvalue weighted by atomic mass is 32.2. The van der Waals surface area contributed by atoms with E-state index in [4.69, 9.17) is 4.65 Å². The fourth-order valence-corrected chi connectivity index (χ4v) is 4.48. The SMILES string of the molecule is Cc1nnc(S[C@H]2Cc3ccc(C)c(C(=O)O)c3OB2O)s1. The molecule has 6 nitrogen and oxygen atoms in total. The van der Waals surface area contributed by atoms with Gasteiger partial charge in [0.15, 0.2) is 4.34 Å².